The van der Waals surface area contributed by atoms with Gasteiger partial charge in [-0.1, -0.05) is 12.1 Å². The van der Waals surface area contributed by atoms with Crippen LogP contribution in [0.25, 0.3) is 33.9 Å². The quantitative estimate of drug-likeness (QED) is 0.492. The average Bonchev–Trinajstić information content (AvgIpc) is 3.38. The van der Waals surface area contributed by atoms with E-state index < -0.39 is 6.10 Å². The van der Waals surface area contributed by atoms with Gasteiger partial charge in [-0.15, -0.1) is 0 Å². The molecular weight excluding hydrogens is 373 g/mol. The van der Waals surface area contributed by atoms with Gasteiger partial charge in [-0.05, 0) is 37.5 Å². The number of halogens is 1. The summed E-state index contributed by atoms with van der Waals surface area (Å²) in [6.45, 7) is 0. The Morgan fingerprint density at radius 3 is 2.86 bits per heavy atom. The summed E-state index contributed by atoms with van der Waals surface area (Å²) in [6, 6.07) is 7.66. The molecule has 1 saturated carbocycles. The van der Waals surface area contributed by atoms with Crippen molar-refractivity contribution in [3.05, 3.63) is 48.7 Å². The molecule has 0 unspecified atom stereocenters. The van der Waals surface area contributed by atoms with E-state index in [-0.39, 0.29) is 17.9 Å². The molecule has 5 rings (SSSR count). The SMILES string of the molecule is N[C@H]1CCC[C@@H](n2c(-c3ccccc3F)nc3cnc(-c4nc[nH]n4)cc32)[C@@H]1O. The summed E-state index contributed by atoms with van der Waals surface area (Å²) in [5.74, 6) is 0.527. The first-order valence-corrected chi connectivity index (χ1v) is 9.56. The Bertz CT molecular complexity index is 1160. The van der Waals surface area contributed by atoms with Gasteiger partial charge in [0, 0.05) is 6.04 Å². The number of pyridine rings is 1. The van der Waals surface area contributed by atoms with Crippen LogP contribution >= 0.6 is 0 Å². The smallest absolute Gasteiger partial charge is 0.199 e. The Balaban J connectivity index is 1.76. The molecule has 1 aromatic carbocycles. The van der Waals surface area contributed by atoms with Gasteiger partial charge >= 0.3 is 0 Å². The highest BCUT2D eigenvalue weighted by atomic mass is 19.1. The Kier molecular flexibility index (Phi) is 4.33. The minimum Gasteiger partial charge on any atom is -0.389 e. The van der Waals surface area contributed by atoms with E-state index in [9.17, 15) is 9.50 Å². The number of aromatic amines is 1. The number of hydrogen-bond acceptors (Lipinski definition) is 6. The number of nitrogens with one attached hydrogen (secondary N) is 1. The maximum atomic E-state index is 14.6. The molecule has 3 atom stereocenters. The molecule has 1 fully saturated rings. The molecule has 1 aliphatic carbocycles. The van der Waals surface area contributed by atoms with E-state index in [1.54, 1.807) is 24.4 Å². The number of aliphatic hydroxyl groups is 1. The molecule has 8 nitrogen and oxygen atoms in total. The van der Waals surface area contributed by atoms with Crippen LogP contribution in [0.2, 0.25) is 0 Å². The molecular formula is C20H20FN7O. The monoisotopic (exact) mass is 393 g/mol. The highest BCUT2D eigenvalue weighted by Gasteiger charge is 2.34. The lowest BCUT2D eigenvalue weighted by Crippen LogP contribution is -2.44. The van der Waals surface area contributed by atoms with Crippen molar-refractivity contribution in [2.75, 3.05) is 0 Å². The van der Waals surface area contributed by atoms with E-state index in [0.717, 1.165) is 24.8 Å². The van der Waals surface area contributed by atoms with E-state index >= 15 is 0 Å². The zero-order chi connectivity index (χ0) is 20.0. The summed E-state index contributed by atoms with van der Waals surface area (Å²) in [5.41, 5.74) is 8.42. The summed E-state index contributed by atoms with van der Waals surface area (Å²) in [5, 5.41) is 17.6. The highest BCUT2D eigenvalue weighted by molar-refractivity contribution is 5.83. The summed E-state index contributed by atoms with van der Waals surface area (Å²) in [7, 11) is 0. The van der Waals surface area contributed by atoms with Crippen molar-refractivity contribution in [1.82, 2.24) is 29.7 Å². The van der Waals surface area contributed by atoms with Gasteiger partial charge in [-0.25, -0.2) is 14.4 Å². The molecule has 3 heterocycles. The number of hydrogen-bond donors (Lipinski definition) is 3. The average molecular weight is 393 g/mol. The minimum absolute atomic E-state index is 0.319. The van der Waals surface area contributed by atoms with E-state index in [1.807, 2.05) is 10.6 Å². The number of imidazole rings is 1. The predicted octanol–water partition coefficient (Wildman–Crippen LogP) is 2.44. The molecule has 9 heteroatoms. The lowest BCUT2D eigenvalue weighted by atomic mass is 9.88. The van der Waals surface area contributed by atoms with Crippen LogP contribution in [0.4, 0.5) is 4.39 Å². The van der Waals surface area contributed by atoms with E-state index in [0.29, 0.717) is 28.4 Å². The van der Waals surface area contributed by atoms with Crippen LogP contribution in [0.1, 0.15) is 25.3 Å². The third kappa shape index (κ3) is 2.99. The second-order valence-corrected chi connectivity index (χ2v) is 7.32. The third-order valence-electron chi connectivity index (χ3n) is 5.54. The zero-order valence-corrected chi connectivity index (χ0v) is 15.5. The van der Waals surface area contributed by atoms with Crippen molar-refractivity contribution in [3.8, 4) is 22.9 Å². The molecule has 0 saturated heterocycles. The van der Waals surface area contributed by atoms with Gasteiger partial charge in [0.2, 0.25) is 0 Å². The van der Waals surface area contributed by atoms with Crippen LogP contribution in [-0.2, 0) is 0 Å². The minimum atomic E-state index is -0.758. The number of aliphatic hydroxyl groups excluding tert-OH is 1. The third-order valence-corrected chi connectivity index (χ3v) is 5.54. The Hall–Kier alpha value is -3.17. The van der Waals surface area contributed by atoms with Crippen molar-refractivity contribution in [1.29, 1.82) is 0 Å². The van der Waals surface area contributed by atoms with Crippen molar-refractivity contribution in [2.24, 2.45) is 5.73 Å². The number of nitrogens with zero attached hydrogens (tertiary/aromatic N) is 5. The van der Waals surface area contributed by atoms with Gasteiger partial charge in [0.1, 0.15) is 29.2 Å². The first-order chi connectivity index (χ1) is 14.1. The summed E-state index contributed by atoms with van der Waals surface area (Å²) in [4.78, 5) is 13.2. The van der Waals surface area contributed by atoms with Crippen LogP contribution in [-0.4, -0.2) is 47.0 Å². The van der Waals surface area contributed by atoms with Gasteiger partial charge in [0.25, 0.3) is 0 Å². The van der Waals surface area contributed by atoms with Gasteiger partial charge in [0.15, 0.2) is 5.82 Å². The number of rotatable bonds is 3. The van der Waals surface area contributed by atoms with Gasteiger partial charge < -0.3 is 15.4 Å². The maximum Gasteiger partial charge on any atom is 0.199 e. The van der Waals surface area contributed by atoms with Gasteiger partial charge in [0.05, 0.1) is 29.4 Å². The Morgan fingerprint density at radius 1 is 1.21 bits per heavy atom. The molecule has 0 radical (unpaired) electrons. The molecule has 0 spiro atoms. The fourth-order valence-electron chi connectivity index (χ4n) is 4.09. The topological polar surface area (TPSA) is 119 Å². The lowest BCUT2D eigenvalue weighted by Gasteiger charge is -2.34. The first-order valence-electron chi connectivity index (χ1n) is 9.56. The van der Waals surface area contributed by atoms with Crippen molar-refractivity contribution in [3.63, 3.8) is 0 Å². The van der Waals surface area contributed by atoms with E-state index in [1.165, 1.54) is 12.4 Å². The van der Waals surface area contributed by atoms with Gasteiger partial charge in [-0.3, -0.25) is 10.1 Å². The van der Waals surface area contributed by atoms with Crippen molar-refractivity contribution < 1.29 is 9.50 Å². The highest BCUT2D eigenvalue weighted by Crippen LogP contribution is 2.37. The molecule has 3 aromatic heterocycles. The molecule has 0 bridgehead atoms. The number of nitrogens with two attached hydrogens (primary N) is 1. The van der Waals surface area contributed by atoms with Crippen LogP contribution < -0.4 is 5.73 Å². The second kappa shape index (κ2) is 7.02. The number of benzene rings is 1. The standard InChI is InChI=1S/C20H20FN7O/c21-12-5-2-1-4-11(12)20-26-15-9-23-14(19-24-10-25-27-19)8-17(15)28(20)16-7-3-6-13(22)18(16)29/h1-2,4-5,8-10,13,16,18,29H,3,6-7,22H2,(H,24,25,27)/t13-,16+,18+/m0/s1. The first kappa shape index (κ1) is 17.9. The van der Waals surface area contributed by atoms with Crippen LogP contribution in [0, 0.1) is 5.82 Å². The number of fused-ring (bicyclic) bond motifs is 1. The van der Waals surface area contributed by atoms with E-state index in [4.69, 9.17) is 5.73 Å². The van der Waals surface area contributed by atoms with Crippen LogP contribution in [0.5, 0.6) is 0 Å². The predicted molar refractivity (Wildman–Crippen MR) is 105 cm³/mol. The Morgan fingerprint density at radius 2 is 2.07 bits per heavy atom. The van der Waals surface area contributed by atoms with Crippen LogP contribution in [0.15, 0.2) is 42.9 Å². The fraction of sp³-hybridized carbons (Fsp3) is 0.300. The van der Waals surface area contributed by atoms with Crippen molar-refractivity contribution >= 4 is 11.0 Å². The fourth-order valence-corrected chi connectivity index (χ4v) is 4.09. The second-order valence-electron chi connectivity index (χ2n) is 7.32. The van der Waals surface area contributed by atoms with E-state index in [2.05, 4.69) is 25.1 Å². The largest absolute Gasteiger partial charge is 0.389 e. The summed E-state index contributed by atoms with van der Waals surface area (Å²) < 4.78 is 16.5. The Labute approximate surface area is 165 Å². The molecule has 148 valence electrons. The summed E-state index contributed by atoms with van der Waals surface area (Å²) >= 11 is 0. The summed E-state index contributed by atoms with van der Waals surface area (Å²) in [6.07, 6.45) is 4.69. The van der Waals surface area contributed by atoms with Crippen molar-refractivity contribution in [2.45, 2.75) is 37.5 Å². The molecule has 29 heavy (non-hydrogen) atoms. The molecule has 4 aromatic rings. The van der Waals surface area contributed by atoms with Crippen LogP contribution in [0.3, 0.4) is 0 Å². The number of H-pyrrole nitrogens is 1. The molecule has 0 aliphatic heterocycles. The molecule has 0 amide bonds. The van der Waals surface area contributed by atoms with Gasteiger partial charge in [-0.2, -0.15) is 5.10 Å². The molecule has 1 aliphatic rings. The normalized spacial score (nSPS) is 22.2. The lowest BCUT2D eigenvalue weighted by molar-refractivity contribution is 0.0594. The maximum absolute atomic E-state index is 14.6. The zero-order valence-electron chi connectivity index (χ0n) is 15.5. The number of aromatic nitrogens is 6. The molecule has 4 N–H and O–H groups in total.